The number of benzene rings is 1. The van der Waals surface area contributed by atoms with E-state index in [9.17, 15) is 8.78 Å². The van der Waals surface area contributed by atoms with Gasteiger partial charge in [-0.1, -0.05) is 0 Å². The van der Waals surface area contributed by atoms with Gasteiger partial charge in [-0.15, -0.1) is 0 Å². The van der Waals surface area contributed by atoms with E-state index in [4.69, 9.17) is 4.74 Å². The first-order valence-electron chi connectivity index (χ1n) is 6.29. The second-order valence-electron chi connectivity index (χ2n) is 5.08. The average Bonchev–Trinajstić information content (AvgIpc) is 3.12. The number of hydrogen-bond acceptors (Lipinski definition) is 2. The maximum atomic E-state index is 13.4. The molecule has 18 heavy (non-hydrogen) atoms. The van der Waals surface area contributed by atoms with Crippen molar-refractivity contribution in [3.63, 3.8) is 0 Å². The van der Waals surface area contributed by atoms with Crippen LogP contribution in [0.15, 0.2) is 18.2 Å². The second kappa shape index (κ2) is 5.76. The van der Waals surface area contributed by atoms with Crippen molar-refractivity contribution in [2.24, 2.45) is 5.41 Å². The minimum atomic E-state index is -0.395. The summed E-state index contributed by atoms with van der Waals surface area (Å²) >= 11 is 0. The van der Waals surface area contributed by atoms with Crippen molar-refractivity contribution in [3.8, 4) is 0 Å². The largest absolute Gasteiger partial charge is 0.385 e. The van der Waals surface area contributed by atoms with Crippen molar-refractivity contribution in [2.45, 2.75) is 25.8 Å². The van der Waals surface area contributed by atoms with Crippen LogP contribution in [0.3, 0.4) is 0 Å². The van der Waals surface area contributed by atoms with E-state index in [0.29, 0.717) is 17.5 Å². The van der Waals surface area contributed by atoms with Crippen LogP contribution < -0.4 is 5.32 Å². The van der Waals surface area contributed by atoms with E-state index in [2.05, 4.69) is 5.32 Å². The molecule has 0 atom stereocenters. The molecule has 0 radical (unpaired) electrons. The lowest BCUT2D eigenvalue weighted by Crippen LogP contribution is -2.25. The Bertz CT molecular complexity index is 405. The fraction of sp³-hybridized carbons (Fsp3) is 0.571. The van der Waals surface area contributed by atoms with Gasteiger partial charge in [-0.05, 0) is 42.9 Å². The zero-order valence-electron chi connectivity index (χ0n) is 10.6. The van der Waals surface area contributed by atoms with Crippen LogP contribution in [-0.4, -0.2) is 20.3 Å². The van der Waals surface area contributed by atoms with Crippen LogP contribution in [0.4, 0.5) is 8.78 Å². The minimum absolute atomic E-state index is 0.319. The van der Waals surface area contributed by atoms with Gasteiger partial charge in [-0.25, -0.2) is 8.78 Å². The van der Waals surface area contributed by atoms with Gasteiger partial charge < -0.3 is 10.1 Å². The van der Waals surface area contributed by atoms with Crippen LogP contribution in [-0.2, 0) is 11.3 Å². The van der Waals surface area contributed by atoms with Crippen molar-refractivity contribution in [1.82, 2.24) is 5.32 Å². The smallest absolute Gasteiger partial charge is 0.127 e. The number of hydrogen-bond donors (Lipinski definition) is 1. The van der Waals surface area contributed by atoms with Crippen LogP contribution in [0.25, 0.3) is 0 Å². The number of methoxy groups -OCH3 is 1. The number of halogens is 2. The first-order chi connectivity index (χ1) is 8.65. The molecule has 0 bridgehead atoms. The van der Waals surface area contributed by atoms with Gasteiger partial charge in [0.05, 0.1) is 0 Å². The number of nitrogens with one attached hydrogen (secondary N) is 1. The summed E-state index contributed by atoms with van der Waals surface area (Å²) in [4.78, 5) is 0. The van der Waals surface area contributed by atoms with E-state index in [0.717, 1.165) is 25.6 Å². The lowest BCUT2D eigenvalue weighted by Gasteiger charge is -2.15. The Kier molecular flexibility index (Phi) is 4.30. The lowest BCUT2D eigenvalue weighted by molar-refractivity contribution is 0.171. The Morgan fingerprint density at radius 2 is 2.11 bits per heavy atom. The van der Waals surface area contributed by atoms with Gasteiger partial charge >= 0.3 is 0 Å². The van der Waals surface area contributed by atoms with E-state index < -0.39 is 5.82 Å². The van der Waals surface area contributed by atoms with Crippen molar-refractivity contribution in [2.75, 3.05) is 20.3 Å². The molecule has 4 heteroatoms. The van der Waals surface area contributed by atoms with Crippen LogP contribution >= 0.6 is 0 Å². The van der Waals surface area contributed by atoms with Gasteiger partial charge in [0, 0.05) is 32.4 Å². The molecule has 100 valence electrons. The van der Waals surface area contributed by atoms with Crippen molar-refractivity contribution < 1.29 is 13.5 Å². The molecule has 0 aliphatic heterocycles. The molecule has 1 aromatic rings. The molecule has 0 aromatic heterocycles. The molecule has 0 unspecified atom stereocenters. The van der Waals surface area contributed by atoms with E-state index >= 15 is 0 Å². The standard InChI is InChI=1S/C14H19F2NO/c1-18-7-6-14(4-5-14)10-17-9-11-8-12(15)2-3-13(11)16/h2-3,8,17H,4-7,9-10H2,1H3. The highest BCUT2D eigenvalue weighted by Crippen LogP contribution is 2.48. The molecule has 2 rings (SSSR count). The lowest BCUT2D eigenvalue weighted by atomic mass is 10.0. The number of rotatable bonds is 7. The van der Waals surface area contributed by atoms with Crippen LogP contribution in [0.1, 0.15) is 24.8 Å². The second-order valence-corrected chi connectivity index (χ2v) is 5.08. The highest BCUT2D eigenvalue weighted by atomic mass is 19.1. The molecule has 1 fully saturated rings. The van der Waals surface area contributed by atoms with Gasteiger partial charge in [-0.3, -0.25) is 0 Å². The van der Waals surface area contributed by atoms with Gasteiger partial charge in [0.2, 0.25) is 0 Å². The molecule has 1 saturated carbocycles. The van der Waals surface area contributed by atoms with Crippen LogP contribution in [0.5, 0.6) is 0 Å². The van der Waals surface area contributed by atoms with Crippen molar-refractivity contribution in [3.05, 3.63) is 35.4 Å². The first kappa shape index (κ1) is 13.4. The SMILES string of the molecule is COCCC1(CNCc2cc(F)ccc2F)CC1. The summed E-state index contributed by atoms with van der Waals surface area (Å²) in [5, 5.41) is 3.22. The normalized spacial score (nSPS) is 16.8. The predicted octanol–water partition coefficient (Wildman–Crippen LogP) is 2.87. The summed E-state index contributed by atoms with van der Waals surface area (Å²) in [6, 6.07) is 3.56. The third kappa shape index (κ3) is 3.50. The van der Waals surface area contributed by atoms with Crippen molar-refractivity contribution >= 4 is 0 Å². The molecule has 0 heterocycles. The Morgan fingerprint density at radius 3 is 2.78 bits per heavy atom. The molecule has 0 spiro atoms. The zero-order valence-corrected chi connectivity index (χ0v) is 10.6. The molecule has 0 amide bonds. The Balaban J connectivity index is 1.80. The highest BCUT2D eigenvalue weighted by molar-refractivity contribution is 5.18. The topological polar surface area (TPSA) is 21.3 Å². The van der Waals surface area contributed by atoms with Crippen LogP contribution in [0.2, 0.25) is 0 Å². The molecule has 2 nitrogen and oxygen atoms in total. The Morgan fingerprint density at radius 1 is 1.33 bits per heavy atom. The molecular weight excluding hydrogens is 236 g/mol. The predicted molar refractivity (Wildman–Crippen MR) is 66.2 cm³/mol. The molecular formula is C14H19F2NO. The summed E-state index contributed by atoms with van der Waals surface area (Å²) in [5.41, 5.74) is 0.706. The van der Waals surface area contributed by atoms with E-state index in [-0.39, 0.29) is 5.82 Å². The molecule has 1 aliphatic rings. The average molecular weight is 255 g/mol. The van der Waals surface area contributed by atoms with Crippen molar-refractivity contribution in [1.29, 1.82) is 0 Å². The summed E-state index contributed by atoms with van der Waals surface area (Å²) in [6.07, 6.45) is 3.41. The number of ether oxygens (including phenoxy) is 1. The third-order valence-electron chi connectivity index (χ3n) is 3.62. The van der Waals surface area contributed by atoms with E-state index in [1.54, 1.807) is 7.11 Å². The molecule has 0 saturated heterocycles. The maximum absolute atomic E-state index is 13.4. The maximum Gasteiger partial charge on any atom is 0.127 e. The molecule has 1 aliphatic carbocycles. The van der Waals surface area contributed by atoms with Gasteiger partial charge in [0.1, 0.15) is 11.6 Å². The first-order valence-corrected chi connectivity index (χ1v) is 6.29. The van der Waals surface area contributed by atoms with Crippen LogP contribution in [0, 0.1) is 17.0 Å². The Labute approximate surface area is 106 Å². The fourth-order valence-electron chi connectivity index (χ4n) is 2.15. The summed E-state index contributed by atoms with van der Waals surface area (Å²) in [5.74, 6) is -0.751. The van der Waals surface area contributed by atoms with Gasteiger partial charge in [0.25, 0.3) is 0 Å². The van der Waals surface area contributed by atoms with Gasteiger partial charge in [-0.2, -0.15) is 0 Å². The zero-order chi connectivity index (χ0) is 13.0. The Hall–Kier alpha value is -1.00. The highest BCUT2D eigenvalue weighted by Gasteiger charge is 2.41. The summed E-state index contributed by atoms with van der Waals surface area (Å²) in [6.45, 7) is 1.97. The summed E-state index contributed by atoms with van der Waals surface area (Å²) in [7, 11) is 1.70. The third-order valence-corrected chi connectivity index (χ3v) is 3.62. The summed E-state index contributed by atoms with van der Waals surface area (Å²) < 4.78 is 31.4. The van der Waals surface area contributed by atoms with E-state index in [1.165, 1.54) is 25.0 Å². The van der Waals surface area contributed by atoms with E-state index in [1.807, 2.05) is 0 Å². The molecule has 1 N–H and O–H groups in total. The minimum Gasteiger partial charge on any atom is -0.385 e. The fourth-order valence-corrected chi connectivity index (χ4v) is 2.15. The monoisotopic (exact) mass is 255 g/mol. The quantitative estimate of drug-likeness (QED) is 0.809. The molecule has 1 aromatic carbocycles. The van der Waals surface area contributed by atoms with Gasteiger partial charge in [0.15, 0.2) is 0 Å².